The summed E-state index contributed by atoms with van der Waals surface area (Å²) in [5.41, 5.74) is 1.56. The molecule has 1 spiro atoms. The predicted molar refractivity (Wildman–Crippen MR) is 147 cm³/mol. The van der Waals surface area contributed by atoms with Crippen LogP contribution >= 0.6 is 0 Å². The number of alkyl halides is 3. The number of rotatable bonds is 8. The normalized spacial score (nSPS) is 17.5. The molecule has 5 rings (SSSR count). The lowest BCUT2D eigenvalue weighted by molar-refractivity contribution is -0.137. The van der Waals surface area contributed by atoms with Crippen molar-refractivity contribution in [3.63, 3.8) is 0 Å². The number of methoxy groups -OCH3 is 1. The van der Waals surface area contributed by atoms with Gasteiger partial charge in [0, 0.05) is 19.6 Å². The molecule has 3 aromatic carbocycles. The van der Waals surface area contributed by atoms with Crippen molar-refractivity contribution in [3.05, 3.63) is 100 Å². The van der Waals surface area contributed by atoms with Crippen molar-refractivity contribution < 1.29 is 36.2 Å². The van der Waals surface area contributed by atoms with Gasteiger partial charge in [0.2, 0.25) is 5.91 Å². The van der Waals surface area contributed by atoms with Crippen LogP contribution in [0.25, 0.3) is 0 Å². The first-order chi connectivity index (χ1) is 20.1. The third-order valence-electron chi connectivity index (χ3n) is 8.29. The maximum Gasteiger partial charge on any atom is 0.416 e. The first kappa shape index (κ1) is 30.0. The van der Waals surface area contributed by atoms with Gasteiger partial charge in [-0.3, -0.25) is 4.79 Å². The third-order valence-corrected chi connectivity index (χ3v) is 8.29. The van der Waals surface area contributed by atoms with E-state index in [2.05, 4.69) is 22.3 Å². The molecule has 0 saturated carbocycles. The highest BCUT2D eigenvalue weighted by molar-refractivity contribution is 5.83. The molecular formula is C32H33F5N2O3. The summed E-state index contributed by atoms with van der Waals surface area (Å²) in [6.07, 6.45) is -1.88. The molecule has 1 unspecified atom stereocenters. The molecule has 0 aliphatic carbocycles. The molecule has 10 heteroatoms. The SMILES string of the molecule is COc1ccc2c(c1)CCOC21CCN(CCC(C(=O)NCc2cc(F)cc(C(F)(F)F)c2)c2ccc(F)cc2)CC1. The van der Waals surface area contributed by atoms with Gasteiger partial charge < -0.3 is 19.7 Å². The number of carbonyl (C=O) groups is 1. The zero-order chi connectivity index (χ0) is 29.9. The fourth-order valence-electron chi connectivity index (χ4n) is 6.02. The van der Waals surface area contributed by atoms with Crippen LogP contribution in [-0.4, -0.2) is 44.2 Å². The van der Waals surface area contributed by atoms with E-state index in [1.165, 1.54) is 35.4 Å². The topological polar surface area (TPSA) is 50.8 Å². The number of benzene rings is 3. The van der Waals surface area contributed by atoms with Gasteiger partial charge in [-0.1, -0.05) is 18.2 Å². The van der Waals surface area contributed by atoms with E-state index in [9.17, 15) is 26.7 Å². The lowest BCUT2D eigenvalue weighted by Gasteiger charge is -2.45. The van der Waals surface area contributed by atoms with E-state index >= 15 is 0 Å². The third kappa shape index (κ3) is 6.76. The molecule has 1 fully saturated rings. The number of carbonyl (C=O) groups excluding carboxylic acids is 1. The summed E-state index contributed by atoms with van der Waals surface area (Å²) >= 11 is 0. The second-order valence-corrected chi connectivity index (χ2v) is 10.9. The zero-order valence-corrected chi connectivity index (χ0v) is 23.3. The van der Waals surface area contributed by atoms with Gasteiger partial charge >= 0.3 is 6.18 Å². The summed E-state index contributed by atoms with van der Waals surface area (Å²) < 4.78 is 78.6. The molecule has 1 saturated heterocycles. The zero-order valence-electron chi connectivity index (χ0n) is 23.3. The molecule has 42 heavy (non-hydrogen) atoms. The molecule has 3 aromatic rings. The maximum atomic E-state index is 13.9. The minimum Gasteiger partial charge on any atom is -0.497 e. The fourth-order valence-corrected chi connectivity index (χ4v) is 6.02. The van der Waals surface area contributed by atoms with Gasteiger partial charge in [0.05, 0.1) is 30.8 Å². The summed E-state index contributed by atoms with van der Waals surface area (Å²) in [7, 11) is 1.65. The summed E-state index contributed by atoms with van der Waals surface area (Å²) in [6.45, 7) is 2.46. The summed E-state index contributed by atoms with van der Waals surface area (Å²) in [5.74, 6) is -1.74. The highest BCUT2D eigenvalue weighted by atomic mass is 19.4. The Morgan fingerprint density at radius 1 is 1.02 bits per heavy atom. The number of likely N-dealkylation sites (tertiary alicyclic amines) is 1. The number of fused-ring (bicyclic) bond motifs is 2. The summed E-state index contributed by atoms with van der Waals surface area (Å²) in [6, 6.07) is 14.0. The van der Waals surface area contributed by atoms with Gasteiger partial charge in [0.25, 0.3) is 0 Å². The molecular weight excluding hydrogens is 555 g/mol. The molecule has 0 bridgehead atoms. The van der Waals surface area contributed by atoms with Gasteiger partial charge in [-0.25, -0.2) is 8.78 Å². The second-order valence-electron chi connectivity index (χ2n) is 10.9. The minimum atomic E-state index is -4.71. The Labute approximate surface area is 241 Å². The average molecular weight is 589 g/mol. The monoisotopic (exact) mass is 588 g/mol. The molecule has 2 aliphatic rings. The van der Waals surface area contributed by atoms with Gasteiger partial charge in [0.15, 0.2) is 0 Å². The van der Waals surface area contributed by atoms with Crippen molar-refractivity contribution in [2.45, 2.75) is 49.9 Å². The Morgan fingerprint density at radius 2 is 1.76 bits per heavy atom. The molecule has 224 valence electrons. The van der Waals surface area contributed by atoms with Gasteiger partial charge in [0.1, 0.15) is 17.4 Å². The van der Waals surface area contributed by atoms with Crippen LogP contribution < -0.4 is 10.1 Å². The number of hydrogen-bond donors (Lipinski definition) is 1. The quantitative estimate of drug-likeness (QED) is 0.312. The van der Waals surface area contributed by atoms with E-state index in [0.717, 1.165) is 50.2 Å². The van der Waals surface area contributed by atoms with Crippen molar-refractivity contribution in [1.82, 2.24) is 10.2 Å². The number of amides is 1. The summed E-state index contributed by atoms with van der Waals surface area (Å²) in [5, 5.41) is 2.66. The van der Waals surface area contributed by atoms with Crippen LogP contribution in [0.15, 0.2) is 60.7 Å². The lowest BCUT2D eigenvalue weighted by atomic mass is 9.79. The summed E-state index contributed by atoms with van der Waals surface area (Å²) in [4.78, 5) is 15.6. The Bertz CT molecular complexity index is 1400. The first-order valence-corrected chi connectivity index (χ1v) is 14.0. The molecule has 0 radical (unpaired) electrons. The van der Waals surface area contributed by atoms with Gasteiger partial charge in [-0.05, 0) is 96.9 Å². The van der Waals surface area contributed by atoms with Crippen molar-refractivity contribution >= 4 is 5.91 Å². The van der Waals surface area contributed by atoms with Crippen molar-refractivity contribution in [1.29, 1.82) is 0 Å². The standard InChI is InChI=1S/C32H33F5N2O3/c1-41-27-6-7-29-23(18-27)9-15-42-31(29)10-13-39(14-11-31)12-8-28(22-2-4-25(33)5-3-22)30(40)38-20-21-16-24(32(35,36)37)19-26(34)17-21/h2-7,16-19,28H,8-15,20H2,1H3,(H,38,40). The van der Waals surface area contributed by atoms with Crippen LogP contribution in [0.4, 0.5) is 22.0 Å². The van der Waals surface area contributed by atoms with Crippen LogP contribution in [0.1, 0.15) is 53.0 Å². The largest absolute Gasteiger partial charge is 0.497 e. The van der Waals surface area contributed by atoms with E-state index in [-0.39, 0.29) is 17.7 Å². The predicted octanol–water partition coefficient (Wildman–Crippen LogP) is 6.35. The number of nitrogens with zero attached hydrogens (tertiary/aromatic N) is 1. The number of hydrogen-bond acceptors (Lipinski definition) is 4. The average Bonchev–Trinajstić information content (AvgIpc) is 2.97. The highest BCUT2D eigenvalue weighted by Crippen LogP contribution is 2.42. The van der Waals surface area contributed by atoms with E-state index in [1.807, 2.05) is 6.07 Å². The van der Waals surface area contributed by atoms with Crippen molar-refractivity contribution in [2.75, 3.05) is 33.4 Å². The van der Waals surface area contributed by atoms with Crippen LogP contribution in [0.3, 0.4) is 0 Å². The van der Waals surface area contributed by atoms with Crippen LogP contribution in [0.2, 0.25) is 0 Å². The fraction of sp³-hybridized carbons (Fsp3) is 0.406. The number of nitrogens with one attached hydrogen (secondary N) is 1. The minimum absolute atomic E-state index is 0.000225. The molecule has 1 N–H and O–H groups in total. The Balaban J connectivity index is 1.24. The number of piperidine rings is 1. The Hall–Kier alpha value is -3.50. The molecule has 2 aliphatic heterocycles. The van der Waals surface area contributed by atoms with Crippen LogP contribution in [0.5, 0.6) is 5.75 Å². The van der Waals surface area contributed by atoms with Crippen LogP contribution in [0, 0.1) is 11.6 Å². The van der Waals surface area contributed by atoms with E-state index < -0.39 is 35.2 Å². The molecule has 5 nitrogen and oxygen atoms in total. The Morgan fingerprint density at radius 3 is 2.45 bits per heavy atom. The number of ether oxygens (including phenoxy) is 2. The molecule has 0 aromatic heterocycles. The van der Waals surface area contributed by atoms with E-state index in [1.54, 1.807) is 7.11 Å². The van der Waals surface area contributed by atoms with Crippen molar-refractivity contribution in [2.24, 2.45) is 0 Å². The lowest BCUT2D eigenvalue weighted by Crippen LogP contribution is -2.47. The smallest absolute Gasteiger partial charge is 0.416 e. The van der Waals surface area contributed by atoms with Gasteiger partial charge in [-0.2, -0.15) is 13.2 Å². The van der Waals surface area contributed by atoms with Crippen LogP contribution in [-0.2, 0) is 34.3 Å². The highest BCUT2D eigenvalue weighted by Gasteiger charge is 2.41. The molecule has 2 heterocycles. The van der Waals surface area contributed by atoms with Gasteiger partial charge in [-0.15, -0.1) is 0 Å². The maximum absolute atomic E-state index is 13.9. The number of halogens is 5. The molecule has 1 atom stereocenters. The van der Waals surface area contributed by atoms with E-state index in [0.29, 0.717) is 31.2 Å². The Kier molecular flexibility index (Phi) is 8.84. The first-order valence-electron chi connectivity index (χ1n) is 14.0. The second kappa shape index (κ2) is 12.4. The van der Waals surface area contributed by atoms with E-state index in [4.69, 9.17) is 9.47 Å². The van der Waals surface area contributed by atoms with Crippen molar-refractivity contribution in [3.8, 4) is 5.75 Å². The molecule has 1 amide bonds.